The third-order valence-corrected chi connectivity index (χ3v) is 4.06. The second-order valence-electron chi connectivity index (χ2n) is 5.24. The van der Waals surface area contributed by atoms with Gasteiger partial charge in [0.05, 0.1) is 12.2 Å². The number of piperidine rings is 1. The van der Waals surface area contributed by atoms with E-state index in [-0.39, 0.29) is 12.5 Å². The van der Waals surface area contributed by atoms with E-state index in [2.05, 4.69) is 10.3 Å². The molecule has 6 nitrogen and oxygen atoms in total. The Labute approximate surface area is 133 Å². The molecule has 22 heavy (non-hydrogen) atoms. The van der Waals surface area contributed by atoms with Crippen molar-refractivity contribution in [1.82, 2.24) is 19.9 Å². The highest BCUT2D eigenvalue weighted by atomic mass is 35.5. The molecule has 1 aliphatic heterocycles. The molecule has 1 fully saturated rings. The van der Waals surface area contributed by atoms with Crippen molar-refractivity contribution in [2.24, 2.45) is 0 Å². The van der Waals surface area contributed by atoms with E-state index in [1.54, 1.807) is 30.5 Å². The standard InChI is InChI=1S/C15H17ClN4O2/c16-12-1-3-14(4-2-12)22-11-15(21)19-8-5-13(6-9-19)20-10-7-17-18-20/h1-4,7,10,13H,5-6,8-9,11H2. The predicted molar refractivity (Wildman–Crippen MR) is 81.8 cm³/mol. The Hall–Kier alpha value is -2.08. The van der Waals surface area contributed by atoms with E-state index in [4.69, 9.17) is 16.3 Å². The average molecular weight is 321 g/mol. The summed E-state index contributed by atoms with van der Waals surface area (Å²) in [6, 6.07) is 7.32. The molecule has 1 aromatic carbocycles. The predicted octanol–water partition coefficient (Wildman–Crippen LogP) is 2.17. The fraction of sp³-hybridized carbons (Fsp3) is 0.400. The summed E-state index contributed by atoms with van der Waals surface area (Å²) in [5.41, 5.74) is 0. The Morgan fingerprint density at radius 3 is 2.64 bits per heavy atom. The smallest absolute Gasteiger partial charge is 0.260 e. The van der Waals surface area contributed by atoms with Gasteiger partial charge >= 0.3 is 0 Å². The molecule has 0 unspecified atom stereocenters. The number of hydrogen-bond donors (Lipinski definition) is 0. The van der Waals surface area contributed by atoms with Gasteiger partial charge in [0.25, 0.3) is 5.91 Å². The normalized spacial score (nSPS) is 15.8. The zero-order valence-electron chi connectivity index (χ0n) is 12.1. The Bertz CT molecular complexity index is 607. The molecule has 3 rings (SSSR count). The van der Waals surface area contributed by atoms with Crippen molar-refractivity contribution >= 4 is 17.5 Å². The first-order chi connectivity index (χ1) is 10.7. The van der Waals surface area contributed by atoms with Crippen LogP contribution >= 0.6 is 11.6 Å². The van der Waals surface area contributed by atoms with Crippen LogP contribution < -0.4 is 4.74 Å². The number of carbonyl (C=O) groups excluding carboxylic acids is 1. The number of likely N-dealkylation sites (tertiary alicyclic amines) is 1. The number of halogens is 1. The van der Waals surface area contributed by atoms with Crippen molar-refractivity contribution in [2.75, 3.05) is 19.7 Å². The molecule has 0 spiro atoms. The minimum absolute atomic E-state index is 0.00647. The molecule has 7 heteroatoms. The van der Waals surface area contributed by atoms with Crippen molar-refractivity contribution < 1.29 is 9.53 Å². The Balaban J connectivity index is 1.46. The summed E-state index contributed by atoms with van der Waals surface area (Å²) < 4.78 is 7.36. The molecule has 1 saturated heterocycles. The molecule has 116 valence electrons. The van der Waals surface area contributed by atoms with E-state index >= 15 is 0 Å². The van der Waals surface area contributed by atoms with Gasteiger partial charge in [-0.2, -0.15) is 0 Å². The molecule has 1 aliphatic rings. The molecule has 1 amide bonds. The largest absolute Gasteiger partial charge is 0.484 e. The van der Waals surface area contributed by atoms with Crippen molar-refractivity contribution in [1.29, 1.82) is 0 Å². The maximum atomic E-state index is 12.2. The Morgan fingerprint density at radius 2 is 2.00 bits per heavy atom. The summed E-state index contributed by atoms with van der Waals surface area (Å²) in [6.45, 7) is 1.48. The number of rotatable bonds is 4. The van der Waals surface area contributed by atoms with Gasteiger partial charge in [-0.1, -0.05) is 16.8 Å². The topological polar surface area (TPSA) is 60.2 Å². The minimum atomic E-state index is 0.00647. The highest BCUT2D eigenvalue weighted by Crippen LogP contribution is 2.21. The number of nitrogens with zero attached hydrogens (tertiary/aromatic N) is 4. The highest BCUT2D eigenvalue weighted by molar-refractivity contribution is 6.30. The van der Waals surface area contributed by atoms with Gasteiger partial charge in [-0.3, -0.25) is 4.79 Å². The minimum Gasteiger partial charge on any atom is -0.484 e. The van der Waals surface area contributed by atoms with Gasteiger partial charge in [0.15, 0.2) is 6.61 Å². The van der Waals surface area contributed by atoms with E-state index in [0.717, 1.165) is 12.8 Å². The number of carbonyl (C=O) groups is 1. The summed E-state index contributed by atoms with van der Waals surface area (Å²) in [7, 11) is 0. The summed E-state index contributed by atoms with van der Waals surface area (Å²) in [6.07, 6.45) is 5.31. The summed E-state index contributed by atoms with van der Waals surface area (Å²) in [4.78, 5) is 14.0. The number of amides is 1. The van der Waals surface area contributed by atoms with Gasteiger partial charge < -0.3 is 9.64 Å². The van der Waals surface area contributed by atoms with Crippen molar-refractivity contribution in [3.63, 3.8) is 0 Å². The van der Waals surface area contributed by atoms with Crippen LogP contribution in [0.5, 0.6) is 5.75 Å². The van der Waals surface area contributed by atoms with E-state index in [0.29, 0.717) is 29.9 Å². The van der Waals surface area contributed by atoms with Crippen LogP contribution in [-0.4, -0.2) is 45.5 Å². The van der Waals surface area contributed by atoms with Crippen LogP contribution in [0.4, 0.5) is 0 Å². The first-order valence-electron chi connectivity index (χ1n) is 7.24. The highest BCUT2D eigenvalue weighted by Gasteiger charge is 2.24. The van der Waals surface area contributed by atoms with Crippen LogP contribution in [0.25, 0.3) is 0 Å². The lowest BCUT2D eigenvalue weighted by molar-refractivity contribution is -0.134. The van der Waals surface area contributed by atoms with Crippen molar-refractivity contribution in [3.05, 3.63) is 41.7 Å². The lowest BCUT2D eigenvalue weighted by Gasteiger charge is -2.31. The van der Waals surface area contributed by atoms with Crippen LogP contribution in [0.15, 0.2) is 36.7 Å². The van der Waals surface area contributed by atoms with E-state index in [1.165, 1.54) is 0 Å². The van der Waals surface area contributed by atoms with Crippen LogP contribution in [0, 0.1) is 0 Å². The van der Waals surface area contributed by atoms with Gasteiger partial charge in [-0.15, -0.1) is 5.10 Å². The van der Waals surface area contributed by atoms with Crippen molar-refractivity contribution in [2.45, 2.75) is 18.9 Å². The summed E-state index contributed by atoms with van der Waals surface area (Å²) in [5, 5.41) is 8.49. The molecule has 0 aliphatic carbocycles. The van der Waals surface area contributed by atoms with Gasteiger partial charge in [-0.05, 0) is 37.1 Å². The molecule has 1 aromatic heterocycles. The fourth-order valence-electron chi connectivity index (χ4n) is 2.56. The van der Waals surface area contributed by atoms with Crippen LogP contribution in [-0.2, 0) is 4.79 Å². The number of aromatic nitrogens is 3. The lowest BCUT2D eigenvalue weighted by Crippen LogP contribution is -2.41. The van der Waals surface area contributed by atoms with Crippen LogP contribution in [0.2, 0.25) is 5.02 Å². The van der Waals surface area contributed by atoms with Gasteiger partial charge in [0, 0.05) is 24.3 Å². The Kier molecular flexibility index (Phi) is 4.58. The quantitative estimate of drug-likeness (QED) is 0.866. The number of hydrogen-bond acceptors (Lipinski definition) is 4. The lowest BCUT2D eigenvalue weighted by atomic mass is 10.1. The maximum Gasteiger partial charge on any atom is 0.260 e. The first-order valence-corrected chi connectivity index (χ1v) is 7.62. The van der Waals surface area contributed by atoms with Gasteiger partial charge in [0.1, 0.15) is 5.75 Å². The monoisotopic (exact) mass is 320 g/mol. The molecule has 0 saturated carbocycles. The second-order valence-corrected chi connectivity index (χ2v) is 5.67. The SMILES string of the molecule is O=C(COc1ccc(Cl)cc1)N1CCC(n2ccnn2)CC1. The van der Waals surface area contributed by atoms with Gasteiger partial charge in [0.2, 0.25) is 0 Å². The zero-order chi connectivity index (χ0) is 15.4. The molecule has 0 atom stereocenters. The molecular weight excluding hydrogens is 304 g/mol. The second kappa shape index (κ2) is 6.79. The average Bonchev–Trinajstić information content (AvgIpc) is 3.09. The van der Waals surface area contributed by atoms with E-state index in [1.807, 2.05) is 15.8 Å². The number of benzene rings is 1. The van der Waals surface area contributed by atoms with Crippen LogP contribution in [0.3, 0.4) is 0 Å². The third kappa shape index (κ3) is 3.57. The van der Waals surface area contributed by atoms with Crippen LogP contribution in [0.1, 0.15) is 18.9 Å². The zero-order valence-corrected chi connectivity index (χ0v) is 12.8. The molecule has 0 bridgehead atoms. The summed E-state index contributed by atoms with van der Waals surface area (Å²) >= 11 is 5.81. The number of ether oxygens (including phenoxy) is 1. The van der Waals surface area contributed by atoms with Crippen molar-refractivity contribution in [3.8, 4) is 5.75 Å². The fourth-order valence-corrected chi connectivity index (χ4v) is 2.69. The molecule has 2 aromatic rings. The molecule has 2 heterocycles. The first kappa shape index (κ1) is 14.8. The molecule has 0 N–H and O–H groups in total. The van der Waals surface area contributed by atoms with Gasteiger partial charge in [-0.25, -0.2) is 4.68 Å². The maximum absolute atomic E-state index is 12.2. The third-order valence-electron chi connectivity index (χ3n) is 3.81. The Morgan fingerprint density at radius 1 is 1.27 bits per heavy atom. The summed E-state index contributed by atoms with van der Waals surface area (Å²) in [5.74, 6) is 0.655. The molecular formula is C15H17ClN4O2. The van der Waals surface area contributed by atoms with E-state index in [9.17, 15) is 4.79 Å². The molecule has 0 radical (unpaired) electrons. The van der Waals surface area contributed by atoms with E-state index < -0.39 is 0 Å².